The maximum atomic E-state index is 6.58. The molecule has 3 rings (SSSR count). The van der Waals surface area contributed by atoms with E-state index < -0.39 is 0 Å². The van der Waals surface area contributed by atoms with E-state index in [2.05, 4.69) is 41.7 Å². The lowest BCUT2D eigenvalue weighted by molar-refractivity contribution is 0.0514. The highest BCUT2D eigenvalue weighted by atomic mass is 35.5. The van der Waals surface area contributed by atoms with E-state index in [9.17, 15) is 0 Å². The number of nitrogens with one attached hydrogen (secondary N) is 2. The van der Waals surface area contributed by atoms with Crippen molar-refractivity contribution < 1.29 is 4.74 Å². The summed E-state index contributed by atoms with van der Waals surface area (Å²) in [6.45, 7) is 9.85. The number of hydrogen-bond donors (Lipinski definition) is 2. The summed E-state index contributed by atoms with van der Waals surface area (Å²) in [6, 6.07) is 8.16. The van der Waals surface area contributed by atoms with E-state index >= 15 is 0 Å². The molecule has 158 valence electrons. The Morgan fingerprint density at radius 3 is 2.59 bits per heavy atom. The average molecular weight is 418 g/mol. The van der Waals surface area contributed by atoms with Gasteiger partial charge in [0.1, 0.15) is 0 Å². The minimum Gasteiger partial charge on any atom is -0.381 e. The fraction of sp³-hybridized carbons (Fsp3) is 0.545. The maximum absolute atomic E-state index is 6.58. The molecular weight excluding hydrogens is 386 g/mol. The van der Waals surface area contributed by atoms with Gasteiger partial charge in [0.25, 0.3) is 0 Å². The molecule has 29 heavy (non-hydrogen) atoms. The van der Waals surface area contributed by atoms with Gasteiger partial charge in [0.15, 0.2) is 5.96 Å². The van der Waals surface area contributed by atoms with Crippen LogP contribution in [0, 0.1) is 13.8 Å². The van der Waals surface area contributed by atoms with Gasteiger partial charge in [0.2, 0.25) is 0 Å². The molecule has 0 aliphatic carbocycles. The first-order valence-electron chi connectivity index (χ1n) is 10.3. The Morgan fingerprint density at radius 2 is 1.97 bits per heavy atom. The number of hydrogen-bond acceptors (Lipinski definition) is 3. The second kappa shape index (κ2) is 9.63. The molecule has 2 aromatic rings. The Balaban J connectivity index is 1.79. The maximum Gasteiger partial charge on any atom is 0.191 e. The smallest absolute Gasteiger partial charge is 0.191 e. The van der Waals surface area contributed by atoms with E-state index in [0.717, 1.165) is 61.5 Å². The number of benzene rings is 1. The summed E-state index contributed by atoms with van der Waals surface area (Å²) < 4.78 is 7.56. The van der Waals surface area contributed by atoms with Gasteiger partial charge in [-0.2, -0.15) is 5.10 Å². The van der Waals surface area contributed by atoms with Gasteiger partial charge in [0.05, 0.1) is 12.2 Å². The van der Waals surface area contributed by atoms with Crippen LogP contribution in [-0.2, 0) is 23.7 Å². The van der Waals surface area contributed by atoms with Gasteiger partial charge in [-0.15, -0.1) is 0 Å². The van der Waals surface area contributed by atoms with Crippen molar-refractivity contribution in [1.82, 2.24) is 20.4 Å². The van der Waals surface area contributed by atoms with Crippen molar-refractivity contribution in [2.75, 3.05) is 26.3 Å². The van der Waals surface area contributed by atoms with Crippen LogP contribution in [0.4, 0.5) is 0 Å². The molecule has 1 saturated heterocycles. The standard InChI is InChI=1S/C22H32ClN5O/c1-5-24-21(25-14-18-16(2)27-28(4)17(18)3)26-15-22(10-12-29-13-11-22)19-8-6-7-9-20(19)23/h6-9H,5,10-15H2,1-4H3,(H2,24,25,26). The van der Waals surface area contributed by atoms with Gasteiger partial charge in [0, 0.05) is 55.0 Å². The summed E-state index contributed by atoms with van der Waals surface area (Å²) in [4.78, 5) is 4.83. The van der Waals surface area contributed by atoms with E-state index in [1.165, 1.54) is 11.1 Å². The van der Waals surface area contributed by atoms with Crippen LogP contribution in [-0.4, -0.2) is 42.0 Å². The monoisotopic (exact) mass is 417 g/mol. The normalized spacial score (nSPS) is 16.7. The Kier molecular flexibility index (Phi) is 7.19. The Bertz CT molecular complexity index is 855. The lowest BCUT2D eigenvalue weighted by Gasteiger charge is -2.38. The van der Waals surface area contributed by atoms with Crippen molar-refractivity contribution in [3.63, 3.8) is 0 Å². The van der Waals surface area contributed by atoms with Crippen molar-refractivity contribution >= 4 is 17.6 Å². The first-order chi connectivity index (χ1) is 14.0. The first kappa shape index (κ1) is 21.7. The van der Waals surface area contributed by atoms with E-state index in [0.29, 0.717) is 6.54 Å². The molecule has 0 amide bonds. The fourth-order valence-corrected chi connectivity index (χ4v) is 4.33. The summed E-state index contributed by atoms with van der Waals surface area (Å²) in [7, 11) is 1.97. The first-order valence-corrected chi connectivity index (χ1v) is 10.7. The molecule has 1 aliphatic heterocycles. The molecule has 0 spiro atoms. The van der Waals surface area contributed by atoms with Crippen molar-refractivity contribution in [3.8, 4) is 0 Å². The summed E-state index contributed by atoms with van der Waals surface area (Å²) >= 11 is 6.58. The number of guanidine groups is 1. The highest BCUT2D eigenvalue weighted by Gasteiger charge is 2.36. The van der Waals surface area contributed by atoms with Crippen LogP contribution < -0.4 is 10.6 Å². The Hall–Kier alpha value is -2.05. The predicted octanol–water partition coefficient (Wildman–Crippen LogP) is 3.49. The lowest BCUT2D eigenvalue weighted by Crippen LogP contribution is -2.48. The number of halogens is 1. The number of ether oxygens (including phenoxy) is 1. The van der Waals surface area contributed by atoms with Gasteiger partial charge >= 0.3 is 0 Å². The minimum absolute atomic E-state index is 0.0626. The molecule has 0 bridgehead atoms. The molecule has 1 aromatic carbocycles. The highest BCUT2D eigenvalue weighted by Crippen LogP contribution is 2.38. The molecule has 0 unspecified atom stereocenters. The van der Waals surface area contributed by atoms with Crippen LogP contribution in [0.5, 0.6) is 0 Å². The third kappa shape index (κ3) is 4.93. The SMILES string of the molecule is CCNC(=NCc1c(C)nn(C)c1C)NCC1(c2ccccc2Cl)CCOCC1. The van der Waals surface area contributed by atoms with Crippen LogP contribution in [0.3, 0.4) is 0 Å². The summed E-state index contributed by atoms with van der Waals surface area (Å²) in [5, 5.41) is 12.3. The van der Waals surface area contributed by atoms with Crippen molar-refractivity contribution in [2.24, 2.45) is 12.0 Å². The van der Waals surface area contributed by atoms with Crippen molar-refractivity contribution in [2.45, 2.75) is 45.6 Å². The molecule has 0 radical (unpaired) electrons. The number of aryl methyl sites for hydroxylation is 2. The summed E-state index contributed by atoms with van der Waals surface area (Å²) in [5.41, 5.74) is 4.48. The molecule has 2 heterocycles. The molecule has 1 aliphatic rings. The van der Waals surface area contributed by atoms with Gasteiger partial charge in [-0.1, -0.05) is 29.8 Å². The predicted molar refractivity (Wildman–Crippen MR) is 119 cm³/mol. The average Bonchev–Trinajstić information content (AvgIpc) is 2.96. The Labute approximate surface area is 178 Å². The molecule has 0 saturated carbocycles. The molecule has 1 aromatic heterocycles. The van der Waals surface area contributed by atoms with Crippen LogP contribution in [0.15, 0.2) is 29.3 Å². The van der Waals surface area contributed by atoms with Crippen LogP contribution in [0.25, 0.3) is 0 Å². The third-order valence-electron chi connectivity index (χ3n) is 5.89. The Morgan fingerprint density at radius 1 is 1.24 bits per heavy atom. The zero-order valence-corrected chi connectivity index (χ0v) is 18.6. The molecule has 6 nitrogen and oxygen atoms in total. The van der Waals surface area contributed by atoms with Gasteiger partial charge in [-0.25, -0.2) is 4.99 Å². The number of aromatic nitrogens is 2. The van der Waals surface area contributed by atoms with Crippen LogP contribution in [0.1, 0.15) is 42.3 Å². The van der Waals surface area contributed by atoms with E-state index in [1.807, 2.05) is 30.8 Å². The zero-order valence-electron chi connectivity index (χ0n) is 17.9. The molecular formula is C22H32ClN5O. The largest absolute Gasteiger partial charge is 0.381 e. The minimum atomic E-state index is -0.0626. The van der Waals surface area contributed by atoms with Crippen LogP contribution in [0.2, 0.25) is 5.02 Å². The fourth-order valence-electron chi connectivity index (χ4n) is 3.99. The molecule has 1 fully saturated rings. The van der Waals surface area contributed by atoms with E-state index in [4.69, 9.17) is 21.3 Å². The van der Waals surface area contributed by atoms with E-state index in [-0.39, 0.29) is 5.41 Å². The van der Waals surface area contributed by atoms with Crippen molar-refractivity contribution in [3.05, 3.63) is 51.8 Å². The van der Waals surface area contributed by atoms with Crippen molar-refractivity contribution in [1.29, 1.82) is 0 Å². The second-order valence-corrected chi connectivity index (χ2v) is 8.10. The summed E-state index contributed by atoms with van der Waals surface area (Å²) in [6.07, 6.45) is 1.87. The zero-order chi connectivity index (χ0) is 20.9. The topological polar surface area (TPSA) is 63.5 Å². The van der Waals surface area contributed by atoms with Gasteiger partial charge in [-0.3, -0.25) is 4.68 Å². The molecule has 2 N–H and O–H groups in total. The molecule has 0 atom stereocenters. The number of rotatable bonds is 6. The molecule has 7 heteroatoms. The number of aliphatic imine (C=N–C) groups is 1. The lowest BCUT2D eigenvalue weighted by atomic mass is 9.74. The highest BCUT2D eigenvalue weighted by molar-refractivity contribution is 6.31. The van der Waals surface area contributed by atoms with Gasteiger partial charge in [-0.05, 0) is 45.2 Å². The van der Waals surface area contributed by atoms with Crippen LogP contribution >= 0.6 is 11.6 Å². The summed E-state index contributed by atoms with van der Waals surface area (Å²) in [5.74, 6) is 0.813. The number of nitrogens with zero attached hydrogens (tertiary/aromatic N) is 3. The second-order valence-electron chi connectivity index (χ2n) is 7.69. The van der Waals surface area contributed by atoms with Gasteiger partial charge < -0.3 is 15.4 Å². The van der Waals surface area contributed by atoms with E-state index in [1.54, 1.807) is 0 Å². The third-order valence-corrected chi connectivity index (χ3v) is 6.22. The quantitative estimate of drug-likeness (QED) is 0.557.